The van der Waals surface area contributed by atoms with Gasteiger partial charge in [-0.1, -0.05) is 35.3 Å². The van der Waals surface area contributed by atoms with E-state index in [9.17, 15) is 4.79 Å². The average molecular weight is 418 g/mol. The Labute approximate surface area is 172 Å². The third-order valence-electron chi connectivity index (χ3n) is 4.01. The van der Waals surface area contributed by atoms with Gasteiger partial charge in [0.2, 0.25) is 0 Å². The number of rotatable bonds is 5. The minimum atomic E-state index is -0.612. The van der Waals surface area contributed by atoms with Gasteiger partial charge >= 0.3 is 5.97 Å². The summed E-state index contributed by atoms with van der Waals surface area (Å²) >= 11 is 12.5. The first-order valence-electron chi connectivity index (χ1n) is 8.31. The van der Waals surface area contributed by atoms with Crippen LogP contribution in [0.3, 0.4) is 0 Å². The molecule has 0 bridgehead atoms. The van der Waals surface area contributed by atoms with Crippen LogP contribution in [0.1, 0.15) is 11.3 Å². The van der Waals surface area contributed by atoms with Gasteiger partial charge in [-0.2, -0.15) is 0 Å². The van der Waals surface area contributed by atoms with Crippen LogP contribution < -0.4 is 14.2 Å². The van der Waals surface area contributed by atoms with E-state index in [1.54, 1.807) is 31.4 Å². The molecule has 5 nitrogen and oxygen atoms in total. The molecule has 144 valence electrons. The molecule has 0 spiro atoms. The number of benzene rings is 2. The predicted octanol–water partition coefficient (Wildman–Crippen LogP) is 5.49. The lowest BCUT2D eigenvalue weighted by Crippen LogP contribution is -2.05. The largest absolute Gasteiger partial charge is 0.493 e. The number of ether oxygens (including phenoxy) is 3. The standard InChI is InChI=1S/C21H17Cl2NO4/c1-12-7-9-14-15(22)11-16(23)21(19(14)24-12)28-18(25)10-8-13-5-4-6-17(26-2)20(13)27-3/h4-11H,1-3H3. The lowest BCUT2D eigenvalue weighted by Gasteiger charge is -2.11. The van der Waals surface area contributed by atoms with Crippen LogP contribution in [0.2, 0.25) is 10.0 Å². The van der Waals surface area contributed by atoms with E-state index in [0.29, 0.717) is 33.0 Å². The van der Waals surface area contributed by atoms with Crippen molar-refractivity contribution in [3.05, 3.63) is 63.8 Å². The fourth-order valence-corrected chi connectivity index (χ4v) is 3.28. The van der Waals surface area contributed by atoms with Crippen LogP contribution in [0.25, 0.3) is 17.0 Å². The highest BCUT2D eigenvalue weighted by molar-refractivity contribution is 6.39. The van der Waals surface area contributed by atoms with Gasteiger partial charge in [0.1, 0.15) is 5.52 Å². The van der Waals surface area contributed by atoms with E-state index in [1.807, 2.05) is 19.1 Å². The number of hydrogen-bond donors (Lipinski definition) is 0. The third-order valence-corrected chi connectivity index (χ3v) is 4.61. The first-order valence-corrected chi connectivity index (χ1v) is 9.06. The van der Waals surface area contributed by atoms with Gasteiger partial charge in [0.25, 0.3) is 0 Å². The quantitative estimate of drug-likeness (QED) is 0.312. The number of carbonyl (C=O) groups is 1. The molecule has 0 aliphatic rings. The maximum Gasteiger partial charge on any atom is 0.336 e. The van der Waals surface area contributed by atoms with E-state index in [-0.39, 0.29) is 10.8 Å². The van der Waals surface area contributed by atoms with E-state index in [0.717, 1.165) is 5.69 Å². The maximum absolute atomic E-state index is 12.4. The van der Waals surface area contributed by atoms with E-state index < -0.39 is 5.97 Å². The molecule has 1 aromatic heterocycles. The number of pyridine rings is 1. The molecule has 0 saturated heterocycles. The first kappa shape index (κ1) is 20.0. The number of nitrogens with zero attached hydrogens (tertiary/aromatic N) is 1. The molecule has 7 heteroatoms. The molecule has 0 atom stereocenters. The summed E-state index contributed by atoms with van der Waals surface area (Å²) in [6, 6.07) is 10.5. The average Bonchev–Trinajstić information content (AvgIpc) is 2.68. The summed E-state index contributed by atoms with van der Waals surface area (Å²) in [6.07, 6.45) is 2.86. The number of methoxy groups -OCH3 is 2. The Bertz CT molecular complexity index is 1080. The van der Waals surface area contributed by atoms with Crippen molar-refractivity contribution < 1.29 is 19.0 Å². The summed E-state index contributed by atoms with van der Waals surface area (Å²) in [6.45, 7) is 1.83. The summed E-state index contributed by atoms with van der Waals surface area (Å²) in [5.41, 5.74) is 1.85. The predicted molar refractivity (Wildman–Crippen MR) is 111 cm³/mol. The SMILES string of the molecule is COc1cccc(C=CC(=O)Oc2c(Cl)cc(Cl)c3ccc(C)nc23)c1OC. The van der Waals surface area contributed by atoms with Crippen molar-refractivity contribution in [1.29, 1.82) is 0 Å². The van der Waals surface area contributed by atoms with Crippen LogP contribution in [0.4, 0.5) is 0 Å². The summed E-state index contributed by atoms with van der Waals surface area (Å²) in [4.78, 5) is 16.8. The smallest absolute Gasteiger partial charge is 0.336 e. The summed E-state index contributed by atoms with van der Waals surface area (Å²) in [5, 5.41) is 1.29. The van der Waals surface area contributed by atoms with Crippen LogP contribution in [-0.4, -0.2) is 25.2 Å². The monoisotopic (exact) mass is 417 g/mol. The number of hydrogen-bond acceptors (Lipinski definition) is 5. The Kier molecular flexibility index (Phi) is 6.07. The molecule has 3 rings (SSSR count). The van der Waals surface area contributed by atoms with E-state index in [4.69, 9.17) is 37.4 Å². The van der Waals surface area contributed by atoms with Gasteiger partial charge in [-0.3, -0.25) is 0 Å². The van der Waals surface area contributed by atoms with Crippen molar-refractivity contribution in [3.63, 3.8) is 0 Å². The van der Waals surface area contributed by atoms with Gasteiger partial charge in [-0.05, 0) is 37.3 Å². The molecule has 0 N–H and O–H groups in total. The van der Waals surface area contributed by atoms with Crippen molar-refractivity contribution in [2.45, 2.75) is 6.92 Å². The van der Waals surface area contributed by atoms with Crippen LogP contribution in [0.15, 0.2) is 42.5 Å². The molecule has 0 amide bonds. The molecular weight excluding hydrogens is 401 g/mol. The summed E-state index contributed by atoms with van der Waals surface area (Å²) in [5.74, 6) is 0.626. The molecule has 0 aliphatic carbocycles. The Balaban J connectivity index is 1.93. The van der Waals surface area contributed by atoms with Crippen molar-refractivity contribution in [2.24, 2.45) is 0 Å². The van der Waals surface area contributed by atoms with Gasteiger partial charge in [0.05, 0.1) is 24.3 Å². The second-order valence-corrected chi connectivity index (χ2v) is 6.67. The Morgan fingerprint density at radius 2 is 1.82 bits per heavy atom. The lowest BCUT2D eigenvalue weighted by molar-refractivity contribution is -0.128. The van der Waals surface area contributed by atoms with Gasteiger partial charge in [0.15, 0.2) is 17.2 Å². The van der Waals surface area contributed by atoms with Crippen LogP contribution >= 0.6 is 23.2 Å². The molecule has 0 fully saturated rings. The number of fused-ring (bicyclic) bond motifs is 1. The van der Waals surface area contributed by atoms with Crippen LogP contribution in [0.5, 0.6) is 17.2 Å². The number of para-hydroxylation sites is 1. The Morgan fingerprint density at radius 1 is 1.04 bits per heavy atom. The molecule has 3 aromatic rings. The molecule has 2 aromatic carbocycles. The molecular formula is C21H17Cl2NO4. The van der Waals surface area contributed by atoms with Crippen molar-refractivity contribution in [3.8, 4) is 17.2 Å². The van der Waals surface area contributed by atoms with Gasteiger partial charge in [0, 0.05) is 22.7 Å². The van der Waals surface area contributed by atoms with Crippen LogP contribution in [-0.2, 0) is 4.79 Å². The van der Waals surface area contributed by atoms with Crippen molar-refractivity contribution in [2.75, 3.05) is 14.2 Å². The third kappa shape index (κ3) is 4.06. The normalized spacial score (nSPS) is 11.0. The highest BCUT2D eigenvalue weighted by Crippen LogP contribution is 2.37. The van der Waals surface area contributed by atoms with Crippen LogP contribution in [0, 0.1) is 6.92 Å². The fraction of sp³-hybridized carbons (Fsp3) is 0.143. The Hall–Kier alpha value is -2.76. The number of esters is 1. The molecule has 1 heterocycles. The van der Waals surface area contributed by atoms with E-state index >= 15 is 0 Å². The highest BCUT2D eigenvalue weighted by atomic mass is 35.5. The zero-order chi connectivity index (χ0) is 20.3. The van der Waals surface area contributed by atoms with Crippen molar-refractivity contribution in [1.82, 2.24) is 4.98 Å². The zero-order valence-electron chi connectivity index (χ0n) is 15.5. The van der Waals surface area contributed by atoms with Gasteiger partial charge < -0.3 is 14.2 Å². The molecule has 0 radical (unpaired) electrons. The summed E-state index contributed by atoms with van der Waals surface area (Å²) < 4.78 is 16.1. The molecule has 0 aliphatic heterocycles. The fourth-order valence-electron chi connectivity index (χ4n) is 2.72. The zero-order valence-corrected chi connectivity index (χ0v) is 17.0. The maximum atomic E-state index is 12.4. The topological polar surface area (TPSA) is 57.7 Å². The minimum Gasteiger partial charge on any atom is -0.493 e. The highest BCUT2D eigenvalue weighted by Gasteiger charge is 2.16. The first-order chi connectivity index (χ1) is 13.4. The van der Waals surface area contributed by atoms with Gasteiger partial charge in [-0.15, -0.1) is 0 Å². The molecule has 0 saturated carbocycles. The molecule has 0 unspecified atom stereocenters. The van der Waals surface area contributed by atoms with Crippen molar-refractivity contribution >= 4 is 46.2 Å². The Morgan fingerprint density at radius 3 is 2.54 bits per heavy atom. The van der Waals surface area contributed by atoms with Gasteiger partial charge in [-0.25, -0.2) is 9.78 Å². The number of halogens is 2. The molecule has 28 heavy (non-hydrogen) atoms. The second-order valence-electron chi connectivity index (χ2n) is 5.86. The minimum absolute atomic E-state index is 0.164. The van der Waals surface area contributed by atoms with E-state index in [1.165, 1.54) is 19.3 Å². The number of carbonyl (C=O) groups excluding carboxylic acids is 1. The lowest BCUT2D eigenvalue weighted by atomic mass is 10.1. The number of aryl methyl sites for hydroxylation is 1. The second kappa shape index (κ2) is 8.50. The summed E-state index contributed by atoms with van der Waals surface area (Å²) in [7, 11) is 3.07. The van der Waals surface area contributed by atoms with E-state index in [2.05, 4.69) is 4.98 Å². The number of aromatic nitrogens is 1.